The smallest absolute Gasteiger partial charge is 0.338 e. The van der Waals surface area contributed by atoms with E-state index in [0.717, 1.165) is 0 Å². The predicted molar refractivity (Wildman–Crippen MR) is 82.9 cm³/mol. The Bertz CT molecular complexity index is 992. The van der Waals surface area contributed by atoms with E-state index in [2.05, 4.69) is 15.1 Å². The molecule has 3 aromatic heterocycles. The van der Waals surface area contributed by atoms with Crippen molar-refractivity contribution in [2.75, 3.05) is 0 Å². The zero-order chi connectivity index (χ0) is 16.4. The summed E-state index contributed by atoms with van der Waals surface area (Å²) in [5, 5.41) is 3.85. The Morgan fingerprint density at radius 1 is 1.04 bits per heavy atom. The molecule has 0 bridgehead atoms. The number of nitrogens with zero attached hydrogens (tertiary/aromatic N) is 3. The van der Waals surface area contributed by atoms with Crippen molar-refractivity contribution in [3.63, 3.8) is 0 Å². The molecule has 0 unspecified atom stereocenters. The Hall–Kier alpha value is -3.48. The Morgan fingerprint density at radius 2 is 1.92 bits per heavy atom. The van der Waals surface area contributed by atoms with Crippen LogP contribution in [0.1, 0.15) is 16.1 Å². The van der Waals surface area contributed by atoms with Crippen molar-refractivity contribution >= 4 is 17.0 Å². The third-order valence-corrected chi connectivity index (χ3v) is 3.38. The van der Waals surface area contributed by atoms with Gasteiger partial charge in [0.1, 0.15) is 12.3 Å². The molecule has 0 radical (unpaired) electrons. The average molecular weight is 321 g/mol. The third-order valence-electron chi connectivity index (χ3n) is 3.38. The molecule has 4 aromatic rings. The highest BCUT2D eigenvalue weighted by atomic mass is 16.5. The van der Waals surface area contributed by atoms with Gasteiger partial charge in [0, 0.05) is 18.5 Å². The maximum absolute atomic E-state index is 12.1. The summed E-state index contributed by atoms with van der Waals surface area (Å²) in [6.45, 7) is 0.00154. The van der Waals surface area contributed by atoms with E-state index in [1.165, 1.54) is 0 Å². The summed E-state index contributed by atoms with van der Waals surface area (Å²) in [7, 11) is 0. The number of ether oxygens (including phenoxy) is 1. The van der Waals surface area contributed by atoms with Crippen LogP contribution in [0.15, 0.2) is 64.0 Å². The molecule has 118 valence electrons. The second kappa shape index (κ2) is 5.96. The summed E-state index contributed by atoms with van der Waals surface area (Å²) in [6.07, 6.45) is 4.71. The maximum atomic E-state index is 12.1. The number of aromatic nitrogens is 3. The lowest BCUT2D eigenvalue weighted by Gasteiger charge is -2.03. The second-order valence-corrected chi connectivity index (χ2v) is 5.00. The molecule has 0 fully saturated rings. The van der Waals surface area contributed by atoms with Crippen molar-refractivity contribution in [1.82, 2.24) is 15.1 Å². The summed E-state index contributed by atoms with van der Waals surface area (Å²) < 4.78 is 15.6. The molecule has 0 spiro atoms. The first-order chi connectivity index (χ1) is 11.8. The average Bonchev–Trinajstić information content (AvgIpc) is 3.30. The number of furan rings is 1. The van der Waals surface area contributed by atoms with Gasteiger partial charge in [0.2, 0.25) is 5.76 Å². The van der Waals surface area contributed by atoms with Gasteiger partial charge in [-0.2, -0.15) is 0 Å². The first-order valence-electron chi connectivity index (χ1n) is 7.17. The van der Waals surface area contributed by atoms with E-state index in [1.54, 1.807) is 55.1 Å². The van der Waals surface area contributed by atoms with Gasteiger partial charge in [0.25, 0.3) is 0 Å². The van der Waals surface area contributed by atoms with Crippen LogP contribution in [0.2, 0.25) is 0 Å². The van der Waals surface area contributed by atoms with Gasteiger partial charge in [-0.25, -0.2) is 4.79 Å². The van der Waals surface area contributed by atoms with Gasteiger partial charge in [0.05, 0.1) is 22.9 Å². The highest BCUT2D eigenvalue weighted by Gasteiger charge is 2.13. The largest absolute Gasteiger partial charge is 0.461 e. The quantitative estimate of drug-likeness (QED) is 0.533. The summed E-state index contributed by atoms with van der Waals surface area (Å²) in [5.74, 6) is 0.574. The number of carbonyl (C=O) groups is 1. The van der Waals surface area contributed by atoms with Gasteiger partial charge in [0.15, 0.2) is 5.76 Å². The molecule has 0 N–H and O–H groups in total. The summed E-state index contributed by atoms with van der Waals surface area (Å²) in [4.78, 5) is 20.5. The van der Waals surface area contributed by atoms with Crippen molar-refractivity contribution < 1.29 is 18.5 Å². The van der Waals surface area contributed by atoms with Gasteiger partial charge >= 0.3 is 5.97 Å². The second-order valence-electron chi connectivity index (χ2n) is 5.00. The maximum Gasteiger partial charge on any atom is 0.338 e. The minimum Gasteiger partial charge on any atom is -0.461 e. The molecule has 0 saturated heterocycles. The number of carbonyl (C=O) groups excluding carboxylic acids is 1. The molecule has 0 aliphatic carbocycles. The lowest BCUT2D eigenvalue weighted by Crippen LogP contribution is -2.05. The van der Waals surface area contributed by atoms with Crippen LogP contribution in [0.25, 0.3) is 22.6 Å². The van der Waals surface area contributed by atoms with E-state index >= 15 is 0 Å². The number of rotatable bonds is 4. The summed E-state index contributed by atoms with van der Waals surface area (Å²) >= 11 is 0. The van der Waals surface area contributed by atoms with Crippen LogP contribution >= 0.6 is 0 Å². The normalized spacial score (nSPS) is 10.8. The number of fused-ring (bicyclic) bond motifs is 1. The van der Waals surface area contributed by atoms with Gasteiger partial charge in [-0.3, -0.25) is 9.97 Å². The number of hydrogen-bond acceptors (Lipinski definition) is 7. The van der Waals surface area contributed by atoms with Crippen molar-refractivity contribution in [2.45, 2.75) is 6.61 Å². The SMILES string of the molecule is O=C(OCc1cc(-c2ccco2)on1)c1ccc2nccnc2c1. The molecule has 7 heteroatoms. The minimum absolute atomic E-state index is 0.00154. The fourth-order valence-corrected chi connectivity index (χ4v) is 2.23. The Labute approximate surface area is 135 Å². The molecule has 3 heterocycles. The van der Waals surface area contributed by atoms with E-state index in [4.69, 9.17) is 13.7 Å². The molecule has 0 aliphatic heterocycles. The number of benzene rings is 1. The molecular formula is C17H11N3O4. The van der Waals surface area contributed by atoms with Gasteiger partial charge in [-0.1, -0.05) is 5.16 Å². The zero-order valence-corrected chi connectivity index (χ0v) is 12.4. The monoisotopic (exact) mass is 321 g/mol. The van der Waals surface area contributed by atoms with E-state index in [9.17, 15) is 4.79 Å². The molecule has 1 aromatic carbocycles. The van der Waals surface area contributed by atoms with Gasteiger partial charge < -0.3 is 13.7 Å². The van der Waals surface area contributed by atoms with Crippen molar-refractivity contribution in [2.24, 2.45) is 0 Å². The molecule has 0 amide bonds. The van der Waals surface area contributed by atoms with Crippen LogP contribution < -0.4 is 0 Å². The van der Waals surface area contributed by atoms with Crippen LogP contribution in [0.4, 0.5) is 0 Å². The number of esters is 1. The van der Waals surface area contributed by atoms with E-state index < -0.39 is 5.97 Å². The van der Waals surface area contributed by atoms with Crippen molar-refractivity contribution in [1.29, 1.82) is 0 Å². The molecule has 24 heavy (non-hydrogen) atoms. The lowest BCUT2D eigenvalue weighted by atomic mass is 10.2. The summed E-state index contributed by atoms with van der Waals surface area (Å²) in [6, 6.07) is 10.2. The first-order valence-corrected chi connectivity index (χ1v) is 7.17. The summed E-state index contributed by atoms with van der Waals surface area (Å²) in [5.41, 5.74) is 2.25. The fourth-order valence-electron chi connectivity index (χ4n) is 2.23. The molecule has 0 atom stereocenters. The standard InChI is InChI=1S/C17H11N3O4/c21-17(11-3-4-13-14(8-11)19-6-5-18-13)23-10-12-9-16(24-20-12)15-2-1-7-22-15/h1-9H,10H2. The fraction of sp³-hybridized carbons (Fsp3) is 0.0588. The van der Waals surface area contributed by atoms with Gasteiger partial charge in [-0.05, 0) is 30.3 Å². The third kappa shape index (κ3) is 2.74. The number of hydrogen-bond donors (Lipinski definition) is 0. The minimum atomic E-state index is -0.467. The molecular weight excluding hydrogens is 310 g/mol. The van der Waals surface area contributed by atoms with Crippen LogP contribution in [-0.2, 0) is 11.3 Å². The molecule has 0 aliphatic rings. The molecule has 7 nitrogen and oxygen atoms in total. The van der Waals surface area contributed by atoms with Crippen molar-refractivity contribution in [3.05, 3.63) is 66.3 Å². The molecule has 0 saturated carbocycles. The molecule has 4 rings (SSSR count). The van der Waals surface area contributed by atoms with E-state index in [0.29, 0.717) is 33.8 Å². The van der Waals surface area contributed by atoms with Crippen LogP contribution in [0.5, 0.6) is 0 Å². The van der Waals surface area contributed by atoms with Crippen LogP contribution in [0, 0.1) is 0 Å². The van der Waals surface area contributed by atoms with Crippen LogP contribution in [0.3, 0.4) is 0 Å². The zero-order valence-electron chi connectivity index (χ0n) is 12.4. The topological polar surface area (TPSA) is 91.2 Å². The van der Waals surface area contributed by atoms with E-state index in [-0.39, 0.29) is 6.61 Å². The van der Waals surface area contributed by atoms with Gasteiger partial charge in [-0.15, -0.1) is 0 Å². The Morgan fingerprint density at radius 3 is 2.75 bits per heavy atom. The predicted octanol–water partition coefficient (Wildman–Crippen LogP) is 3.23. The first kappa shape index (κ1) is 14.1. The van der Waals surface area contributed by atoms with Crippen LogP contribution in [-0.4, -0.2) is 21.1 Å². The Balaban J connectivity index is 1.46. The lowest BCUT2D eigenvalue weighted by molar-refractivity contribution is 0.0464. The highest BCUT2D eigenvalue weighted by molar-refractivity contribution is 5.93. The van der Waals surface area contributed by atoms with E-state index in [1.807, 2.05) is 0 Å². The van der Waals surface area contributed by atoms with Crippen molar-refractivity contribution in [3.8, 4) is 11.5 Å². The highest BCUT2D eigenvalue weighted by Crippen LogP contribution is 2.21. The Kier molecular flexibility index (Phi) is 3.51.